The van der Waals surface area contributed by atoms with Gasteiger partial charge in [0.15, 0.2) is 0 Å². The van der Waals surface area contributed by atoms with Crippen LogP contribution in [0.15, 0.2) is 41.3 Å². The van der Waals surface area contributed by atoms with Crippen LogP contribution in [0.25, 0.3) is 0 Å². The Morgan fingerprint density at radius 3 is 2.51 bits per heavy atom. The fraction of sp³-hybridized carbons (Fsp3) is 0.500. The van der Waals surface area contributed by atoms with Gasteiger partial charge in [-0.2, -0.15) is 13.2 Å². The predicted octanol–water partition coefficient (Wildman–Crippen LogP) is 5.22. The Kier molecular flexibility index (Phi) is 8.03. The van der Waals surface area contributed by atoms with Crippen molar-refractivity contribution in [1.29, 1.82) is 0 Å². The minimum atomic E-state index is -4.58. The molecular weight excluding hydrogens is 511 g/mol. The van der Waals surface area contributed by atoms with Gasteiger partial charge in [-0.05, 0) is 73.4 Å². The summed E-state index contributed by atoms with van der Waals surface area (Å²) in [4.78, 5) is 11.6. The number of ether oxygens (including phenoxy) is 2. The molecule has 1 atom stereocenters. The number of rotatable bonds is 8. The van der Waals surface area contributed by atoms with Gasteiger partial charge in [0.2, 0.25) is 0 Å². The number of halogens is 3. The van der Waals surface area contributed by atoms with E-state index in [1.54, 1.807) is 6.07 Å². The van der Waals surface area contributed by atoms with Gasteiger partial charge in [0.1, 0.15) is 11.3 Å². The summed E-state index contributed by atoms with van der Waals surface area (Å²) in [7, 11) is -4.53. The highest BCUT2D eigenvalue weighted by atomic mass is 32.2. The summed E-state index contributed by atoms with van der Waals surface area (Å²) in [5, 5.41) is 9.77. The molecule has 2 aliphatic heterocycles. The Hall–Kier alpha value is -2.79. The molecule has 0 amide bonds. The van der Waals surface area contributed by atoms with E-state index >= 15 is 0 Å². The molecule has 202 valence electrons. The molecule has 2 aliphatic rings. The van der Waals surface area contributed by atoms with E-state index in [0.29, 0.717) is 31.6 Å². The van der Waals surface area contributed by atoms with Crippen LogP contribution in [0.2, 0.25) is 0 Å². The molecule has 0 radical (unpaired) electrons. The molecule has 1 saturated heterocycles. The summed E-state index contributed by atoms with van der Waals surface area (Å²) in [5.74, 6) is -1.20. The van der Waals surface area contributed by atoms with E-state index in [-0.39, 0.29) is 35.9 Å². The lowest BCUT2D eigenvalue weighted by Gasteiger charge is -2.38. The van der Waals surface area contributed by atoms with Crippen LogP contribution in [0.3, 0.4) is 0 Å². The van der Waals surface area contributed by atoms with Gasteiger partial charge in [-0.25, -0.2) is 13.2 Å². The second-order valence-corrected chi connectivity index (χ2v) is 11.3. The lowest BCUT2D eigenvalue weighted by molar-refractivity contribution is -0.138. The van der Waals surface area contributed by atoms with Crippen LogP contribution >= 0.6 is 0 Å². The van der Waals surface area contributed by atoms with E-state index in [0.717, 1.165) is 28.8 Å². The van der Waals surface area contributed by atoms with Crippen LogP contribution in [0.5, 0.6) is 5.75 Å². The van der Waals surface area contributed by atoms with Gasteiger partial charge in [-0.1, -0.05) is 19.1 Å². The van der Waals surface area contributed by atoms with Crippen LogP contribution in [0.4, 0.5) is 18.9 Å². The molecule has 2 aromatic rings. The third-order valence-corrected chi connectivity index (χ3v) is 8.75. The number of carbonyl (C=O) groups is 1. The molecule has 11 heteroatoms. The Morgan fingerprint density at radius 1 is 1.14 bits per heavy atom. The summed E-state index contributed by atoms with van der Waals surface area (Å²) >= 11 is 0. The van der Waals surface area contributed by atoms with Crippen molar-refractivity contribution in [3.8, 4) is 5.75 Å². The molecule has 0 spiro atoms. The van der Waals surface area contributed by atoms with E-state index in [9.17, 15) is 31.5 Å². The number of anilines is 1. The average Bonchev–Trinajstić information content (AvgIpc) is 2.86. The molecule has 0 bridgehead atoms. The lowest BCUT2D eigenvalue weighted by Crippen LogP contribution is -2.45. The maximum atomic E-state index is 13.8. The molecule has 0 saturated carbocycles. The van der Waals surface area contributed by atoms with Crippen molar-refractivity contribution in [3.05, 3.63) is 53.1 Å². The normalized spacial score (nSPS) is 18.9. The molecule has 37 heavy (non-hydrogen) atoms. The fourth-order valence-corrected chi connectivity index (χ4v) is 6.63. The first-order valence-corrected chi connectivity index (χ1v) is 13.7. The number of fused-ring (bicyclic) bond motifs is 1. The van der Waals surface area contributed by atoms with Gasteiger partial charge >= 0.3 is 12.1 Å². The lowest BCUT2D eigenvalue weighted by atomic mass is 9.94. The average molecular weight is 542 g/mol. The van der Waals surface area contributed by atoms with Gasteiger partial charge in [0, 0.05) is 13.2 Å². The van der Waals surface area contributed by atoms with E-state index in [4.69, 9.17) is 9.47 Å². The zero-order valence-corrected chi connectivity index (χ0v) is 21.3. The van der Waals surface area contributed by atoms with Crippen molar-refractivity contribution in [2.24, 2.45) is 5.92 Å². The van der Waals surface area contributed by atoms with Crippen LogP contribution in [-0.4, -0.2) is 51.5 Å². The zero-order chi connectivity index (χ0) is 26.8. The van der Waals surface area contributed by atoms with Crippen molar-refractivity contribution >= 4 is 21.7 Å². The third-order valence-electron chi connectivity index (χ3n) is 6.89. The second kappa shape index (κ2) is 10.9. The highest BCUT2D eigenvalue weighted by Crippen LogP contribution is 2.40. The Morgan fingerprint density at radius 2 is 1.86 bits per heavy atom. The van der Waals surface area contributed by atoms with Crippen molar-refractivity contribution in [2.45, 2.75) is 62.6 Å². The van der Waals surface area contributed by atoms with Crippen molar-refractivity contribution in [2.75, 3.05) is 24.1 Å². The molecule has 0 aliphatic carbocycles. The number of nitrogens with zero attached hydrogens (tertiary/aromatic N) is 1. The second-order valence-electron chi connectivity index (χ2n) is 9.46. The van der Waals surface area contributed by atoms with E-state index < -0.39 is 39.5 Å². The first kappa shape index (κ1) is 27.3. The van der Waals surface area contributed by atoms with Crippen LogP contribution in [-0.2, 0) is 27.6 Å². The van der Waals surface area contributed by atoms with E-state index in [1.165, 1.54) is 18.2 Å². The minimum absolute atomic E-state index is 0.00298. The van der Waals surface area contributed by atoms with Crippen molar-refractivity contribution in [3.63, 3.8) is 0 Å². The SMILES string of the molecule is CCc1ccc2c(c1)CCC(CC(F)(F)F)N2S(=O)(=O)c1ccc(OCC2CCOCC2)c(C(=O)O)c1. The van der Waals surface area contributed by atoms with Crippen LogP contribution in [0.1, 0.15) is 54.1 Å². The number of carboxylic acid groups (broad SMARTS) is 1. The van der Waals surface area contributed by atoms with Gasteiger partial charge < -0.3 is 14.6 Å². The van der Waals surface area contributed by atoms with Gasteiger partial charge in [-0.3, -0.25) is 4.31 Å². The predicted molar refractivity (Wildman–Crippen MR) is 131 cm³/mol. The number of alkyl halides is 3. The number of aromatic carboxylic acids is 1. The van der Waals surface area contributed by atoms with Crippen molar-refractivity contribution < 1.29 is 41.0 Å². The third kappa shape index (κ3) is 6.20. The maximum Gasteiger partial charge on any atom is 0.391 e. The Balaban J connectivity index is 1.71. The first-order chi connectivity index (χ1) is 17.5. The number of sulfonamides is 1. The smallest absolute Gasteiger partial charge is 0.391 e. The molecule has 2 aromatic carbocycles. The molecular formula is C26H30F3NO6S. The molecule has 0 aromatic heterocycles. The summed E-state index contributed by atoms with van der Waals surface area (Å²) < 4.78 is 79.8. The fourth-order valence-electron chi connectivity index (χ4n) is 4.88. The molecule has 1 unspecified atom stereocenters. The topological polar surface area (TPSA) is 93.1 Å². The van der Waals surface area contributed by atoms with Crippen LogP contribution in [0, 0.1) is 5.92 Å². The van der Waals surface area contributed by atoms with E-state index in [2.05, 4.69) is 0 Å². The maximum absolute atomic E-state index is 13.8. The molecule has 7 nitrogen and oxygen atoms in total. The first-order valence-electron chi connectivity index (χ1n) is 12.3. The summed E-state index contributed by atoms with van der Waals surface area (Å²) in [5.41, 5.74) is 1.43. The number of aryl methyl sites for hydroxylation is 2. The molecule has 1 fully saturated rings. The quantitative estimate of drug-likeness (QED) is 0.493. The highest BCUT2D eigenvalue weighted by Gasteiger charge is 2.42. The van der Waals surface area contributed by atoms with Crippen LogP contribution < -0.4 is 9.04 Å². The summed E-state index contributed by atoms with van der Waals surface area (Å²) in [6, 6.07) is 7.14. The monoisotopic (exact) mass is 541 g/mol. The highest BCUT2D eigenvalue weighted by molar-refractivity contribution is 7.92. The molecule has 1 N–H and O–H groups in total. The Bertz CT molecular complexity index is 1240. The van der Waals surface area contributed by atoms with E-state index in [1.807, 2.05) is 13.0 Å². The summed E-state index contributed by atoms with van der Waals surface area (Å²) in [6.07, 6.45) is -3.34. The largest absolute Gasteiger partial charge is 0.492 e. The van der Waals surface area contributed by atoms with Gasteiger partial charge in [0.05, 0.1) is 29.7 Å². The zero-order valence-electron chi connectivity index (χ0n) is 20.5. The van der Waals surface area contributed by atoms with Gasteiger partial charge in [-0.15, -0.1) is 0 Å². The molecule has 4 rings (SSSR count). The number of hydrogen-bond donors (Lipinski definition) is 1. The van der Waals surface area contributed by atoms with Gasteiger partial charge in [0.25, 0.3) is 10.0 Å². The molecule has 2 heterocycles. The number of hydrogen-bond acceptors (Lipinski definition) is 5. The van der Waals surface area contributed by atoms with Crippen molar-refractivity contribution in [1.82, 2.24) is 0 Å². The standard InChI is InChI=1S/C26H30F3NO6S/c1-2-17-3-7-23-19(13-17)4-5-20(15-26(27,28)29)30(23)37(33,34)21-6-8-24(22(14-21)25(31)32)36-16-18-9-11-35-12-10-18/h3,6-8,13-14,18,20H,2,4-5,9-12,15-16H2,1H3,(H,31,32). The number of benzene rings is 2. The number of carboxylic acids is 1. The minimum Gasteiger partial charge on any atom is -0.492 e. The Labute approximate surface area is 214 Å². The summed E-state index contributed by atoms with van der Waals surface area (Å²) in [6.45, 7) is 3.37.